The van der Waals surface area contributed by atoms with Crippen LogP contribution >= 0.6 is 0 Å². The smallest absolute Gasteiger partial charge is 0.143 e. The van der Waals surface area contributed by atoms with Crippen LogP contribution in [0.15, 0.2) is 29.4 Å². The summed E-state index contributed by atoms with van der Waals surface area (Å²) in [5.74, 6) is 0.251. The second-order valence-corrected chi connectivity index (χ2v) is 3.02. The topological polar surface area (TPSA) is 58.6 Å². The number of benzene rings is 1. The maximum Gasteiger partial charge on any atom is 0.143 e. The van der Waals surface area contributed by atoms with Crippen molar-refractivity contribution in [1.82, 2.24) is 0 Å². The minimum absolute atomic E-state index is 0.251. The monoisotopic (exact) mass is 174 g/mol. The average molecular weight is 174 g/mol. The fourth-order valence-corrected chi connectivity index (χ4v) is 1.48. The maximum absolute atomic E-state index is 8.39. The van der Waals surface area contributed by atoms with E-state index in [9.17, 15) is 0 Å². The zero-order valence-corrected chi connectivity index (χ0v) is 7.07. The highest BCUT2D eigenvalue weighted by molar-refractivity contribution is 5.96. The molecule has 0 fully saturated rings. The summed E-state index contributed by atoms with van der Waals surface area (Å²) in [7, 11) is 0. The van der Waals surface area contributed by atoms with E-state index < -0.39 is 0 Å². The van der Waals surface area contributed by atoms with Crippen molar-refractivity contribution in [2.75, 3.05) is 0 Å². The average Bonchev–Trinajstić information content (AvgIpc) is 2.14. The molecule has 0 radical (unpaired) electrons. The number of oxime groups is 1. The van der Waals surface area contributed by atoms with E-state index in [1.54, 1.807) is 0 Å². The van der Waals surface area contributed by atoms with Gasteiger partial charge in [0.15, 0.2) is 0 Å². The van der Waals surface area contributed by atoms with Crippen LogP contribution in [0.5, 0.6) is 0 Å². The van der Waals surface area contributed by atoms with Gasteiger partial charge in [-0.3, -0.25) is 0 Å². The van der Waals surface area contributed by atoms with Gasteiger partial charge in [0.2, 0.25) is 0 Å². The van der Waals surface area contributed by atoms with Gasteiger partial charge in [0, 0.05) is 6.42 Å². The zero-order valence-electron chi connectivity index (χ0n) is 7.07. The number of nitrogens with two attached hydrogens (primary N) is 1. The number of hydrogen-bond acceptors (Lipinski definition) is 2. The van der Waals surface area contributed by atoms with Crippen LogP contribution < -0.4 is 16.2 Å². The minimum atomic E-state index is 0.251. The predicted molar refractivity (Wildman–Crippen MR) is 51.6 cm³/mol. The van der Waals surface area contributed by atoms with Crippen LogP contribution in [0.25, 0.3) is 11.6 Å². The summed E-state index contributed by atoms with van der Waals surface area (Å²) >= 11 is 0. The van der Waals surface area contributed by atoms with Gasteiger partial charge in [0.1, 0.15) is 5.84 Å². The molecule has 0 atom stereocenters. The van der Waals surface area contributed by atoms with Crippen molar-refractivity contribution < 1.29 is 5.21 Å². The van der Waals surface area contributed by atoms with Crippen LogP contribution in [0.4, 0.5) is 0 Å². The normalized spacial score (nSPS) is 14.5. The van der Waals surface area contributed by atoms with Crippen LogP contribution in [-0.4, -0.2) is 11.0 Å². The summed E-state index contributed by atoms with van der Waals surface area (Å²) in [6.07, 6.45) is 2.57. The van der Waals surface area contributed by atoms with Crippen molar-refractivity contribution in [2.24, 2.45) is 10.9 Å². The molecule has 0 unspecified atom stereocenters. The molecule has 1 aromatic rings. The molecule has 1 aliphatic rings. The Morgan fingerprint density at radius 3 is 2.85 bits per heavy atom. The first kappa shape index (κ1) is 7.86. The van der Waals surface area contributed by atoms with Crippen LogP contribution in [0.1, 0.15) is 6.42 Å². The number of hydrogen-bond donors (Lipinski definition) is 2. The molecule has 0 aliphatic heterocycles. The molecule has 3 N–H and O–H groups in total. The fourth-order valence-electron chi connectivity index (χ4n) is 1.48. The Bertz CT molecular complexity index is 474. The molecule has 0 spiro atoms. The lowest BCUT2D eigenvalue weighted by Crippen LogP contribution is -2.35. The Labute approximate surface area is 75.5 Å². The molecule has 66 valence electrons. The summed E-state index contributed by atoms with van der Waals surface area (Å²) in [6.45, 7) is 0. The Morgan fingerprint density at radius 1 is 1.38 bits per heavy atom. The van der Waals surface area contributed by atoms with E-state index in [0.29, 0.717) is 6.42 Å². The summed E-state index contributed by atoms with van der Waals surface area (Å²) in [5.41, 5.74) is 6.53. The van der Waals surface area contributed by atoms with Gasteiger partial charge in [-0.05, 0) is 16.0 Å². The van der Waals surface area contributed by atoms with Crippen molar-refractivity contribution in [3.8, 4) is 0 Å². The van der Waals surface area contributed by atoms with Gasteiger partial charge in [-0.1, -0.05) is 35.5 Å². The van der Waals surface area contributed by atoms with Gasteiger partial charge in [-0.25, -0.2) is 0 Å². The third-order valence-corrected chi connectivity index (χ3v) is 2.14. The van der Waals surface area contributed by atoms with Crippen molar-refractivity contribution in [3.63, 3.8) is 0 Å². The largest absolute Gasteiger partial charge is 0.409 e. The first-order valence-corrected chi connectivity index (χ1v) is 4.07. The van der Waals surface area contributed by atoms with Crippen LogP contribution in [0.2, 0.25) is 0 Å². The molecule has 0 heterocycles. The quantitative estimate of drug-likeness (QED) is 0.281. The van der Waals surface area contributed by atoms with E-state index in [-0.39, 0.29) is 5.84 Å². The first-order valence-electron chi connectivity index (χ1n) is 4.07. The van der Waals surface area contributed by atoms with Crippen LogP contribution in [0.3, 0.4) is 0 Å². The molecule has 1 aliphatic carbocycles. The van der Waals surface area contributed by atoms with Crippen LogP contribution in [-0.2, 0) is 0 Å². The van der Waals surface area contributed by atoms with Gasteiger partial charge in [0.05, 0.1) is 0 Å². The Hall–Kier alpha value is -1.77. The van der Waals surface area contributed by atoms with E-state index in [1.165, 1.54) is 10.4 Å². The summed E-state index contributed by atoms with van der Waals surface area (Å²) in [5, 5.41) is 13.8. The molecule has 0 aromatic heterocycles. The lowest BCUT2D eigenvalue weighted by Gasteiger charge is -2.09. The molecule has 3 heteroatoms. The molecule has 0 saturated carbocycles. The van der Waals surface area contributed by atoms with Gasteiger partial charge < -0.3 is 10.9 Å². The molecular formula is C10H10N2O. The van der Waals surface area contributed by atoms with E-state index in [2.05, 4.69) is 5.16 Å². The van der Waals surface area contributed by atoms with E-state index in [0.717, 1.165) is 5.57 Å². The minimum Gasteiger partial charge on any atom is -0.409 e. The van der Waals surface area contributed by atoms with Crippen molar-refractivity contribution in [3.05, 3.63) is 34.7 Å². The maximum atomic E-state index is 8.39. The number of fused-ring (bicyclic) bond motifs is 1. The standard InChI is InChI=1S/C10H10N2O/c11-10(12-13)6-8-5-7-3-1-2-4-9(7)8/h1-5,13H,6H2,(H2,11,12). The molecule has 0 bridgehead atoms. The highest BCUT2D eigenvalue weighted by atomic mass is 16.4. The third kappa shape index (κ3) is 1.28. The second kappa shape index (κ2) is 2.94. The molecule has 0 amide bonds. The first-order chi connectivity index (χ1) is 6.31. The molecule has 3 nitrogen and oxygen atoms in total. The number of rotatable bonds is 2. The van der Waals surface area contributed by atoms with Gasteiger partial charge in [-0.2, -0.15) is 0 Å². The highest BCUT2D eigenvalue weighted by Gasteiger charge is 2.06. The Morgan fingerprint density at radius 2 is 2.15 bits per heavy atom. The zero-order chi connectivity index (χ0) is 9.26. The van der Waals surface area contributed by atoms with Crippen molar-refractivity contribution in [1.29, 1.82) is 0 Å². The number of amidine groups is 1. The second-order valence-electron chi connectivity index (χ2n) is 3.02. The molecule has 2 rings (SSSR count). The highest BCUT2D eigenvalue weighted by Crippen LogP contribution is 2.05. The number of nitrogens with zero attached hydrogens (tertiary/aromatic N) is 1. The van der Waals surface area contributed by atoms with Gasteiger partial charge in [0.25, 0.3) is 0 Å². The molecule has 0 saturated heterocycles. The van der Waals surface area contributed by atoms with Crippen LogP contribution in [0, 0.1) is 0 Å². The SMILES string of the molecule is NC(CC1=c2ccccc2=C1)=NO. The lowest BCUT2D eigenvalue weighted by atomic mass is 9.97. The fraction of sp³-hybridized carbons (Fsp3) is 0.100. The van der Waals surface area contributed by atoms with E-state index >= 15 is 0 Å². The Balaban J connectivity index is 2.35. The predicted octanol–water partition coefficient (Wildman–Crippen LogP) is -0.232. The van der Waals surface area contributed by atoms with Gasteiger partial charge in [-0.15, -0.1) is 0 Å². The molecule has 1 aromatic carbocycles. The summed E-state index contributed by atoms with van der Waals surface area (Å²) in [6, 6.07) is 8.06. The Kier molecular flexibility index (Phi) is 1.77. The molecule has 13 heavy (non-hydrogen) atoms. The third-order valence-electron chi connectivity index (χ3n) is 2.14. The van der Waals surface area contributed by atoms with Crippen molar-refractivity contribution >= 4 is 17.5 Å². The molecular weight excluding hydrogens is 164 g/mol. The van der Waals surface area contributed by atoms with E-state index in [1.807, 2.05) is 30.3 Å². The lowest BCUT2D eigenvalue weighted by molar-refractivity contribution is 0.317. The summed E-state index contributed by atoms with van der Waals surface area (Å²) < 4.78 is 0. The summed E-state index contributed by atoms with van der Waals surface area (Å²) in [4.78, 5) is 0. The van der Waals surface area contributed by atoms with Gasteiger partial charge >= 0.3 is 0 Å². The van der Waals surface area contributed by atoms with Crippen molar-refractivity contribution in [2.45, 2.75) is 6.42 Å². The van der Waals surface area contributed by atoms with E-state index in [4.69, 9.17) is 10.9 Å².